The number of methoxy groups -OCH3 is 1. The second kappa shape index (κ2) is 11.0. The van der Waals surface area contributed by atoms with Crippen molar-refractivity contribution in [2.75, 3.05) is 25.2 Å². The molecule has 0 saturated carbocycles. The summed E-state index contributed by atoms with van der Waals surface area (Å²) in [4.78, 5) is 12.7. The van der Waals surface area contributed by atoms with E-state index in [0.717, 1.165) is 17.7 Å². The van der Waals surface area contributed by atoms with Crippen LogP contribution in [-0.2, 0) is 9.84 Å². The summed E-state index contributed by atoms with van der Waals surface area (Å²) in [7, 11) is -1.27. The number of carbonyl (C=O) groups is 1. The van der Waals surface area contributed by atoms with E-state index in [9.17, 15) is 13.2 Å². The average molecular weight is 514 g/mol. The number of rotatable bonds is 8. The van der Waals surface area contributed by atoms with Gasteiger partial charge in [-0.05, 0) is 61.4 Å². The van der Waals surface area contributed by atoms with Gasteiger partial charge in [0.25, 0.3) is 5.91 Å². The van der Waals surface area contributed by atoms with Gasteiger partial charge in [0.15, 0.2) is 5.75 Å². The Morgan fingerprint density at radius 2 is 1.85 bits per heavy atom. The van der Waals surface area contributed by atoms with Crippen LogP contribution in [0.3, 0.4) is 0 Å². The Balaban J connectivity index is 1.69. The molecule has 0 unspecified atom stereocenters. The van der Waals surface area contributed by atoms with Gasteiger partial charge in [-0.2, -0.15) is 0 Å². The first-order chi connectivity index (χ1) is 15.6. The van der Waals surface area contributed by atoms with Gasteiger partial charge in [0, 0.05) is 12.1 Å². The monoisotopic (exact) mass is 513 g/mol. The number of benzene rings is 2. The number of nitrogens with one attached hydrogen (secondary N) is 1. The highest BCUT2D eigenvalue weighted by molar-refractivity contribution is 7.91. The third-order valence-electron chi connectivity index (χ3n) is 5.85. The molecule has 0 aliphatic carbocycles. The van der Waals surface area contributed by atoms with E-state index >= 15 is 0 Å². The second-order valence-electron chi connectivity index (χ2n) is 8.54. The first-order valence-corrected chi connectivity index (χ1v) is 13.5. The van der Waals surface area contributed by atoms with Crippen LogP contribution in [0.25, 0.3) is 0 Å². The molecule has 0 spiro atoms. The summed E-state index contributed by atoms with van der Waals surface area (Å²) in [5.41, 5.74) is 1.24. The molecule has 6 nitrogen and oxygen atoms in total. The lowest BCUT2D eigenvalue weighted by molar-refractivity contribution is 0.0951. The van der Waals surface area contributed by atoms with Gasteiger partial charge in [-0.25, -0.2) is 8.42 Å². The molecule has 180 valence electrons. The van der Waals surface area contributed by atoms with Gasteiger partial charge in [0.05, 0.1) is 34.2 Å². The number of amides is 1. The fourth-order valence-corrected chi connectivity index (χ4v) is 5.98. The first kappa shape index (κ1) is 25.7. The van der Waals surface area contributed by atoms with E-state index in [2.05, 4.69) is 19.2 Å². The van der Waals surface area contributed by atoms with Crippen molar-refractivity contribution in [2.24, 2.45) is 5.92 Å². The van der Waals surface area contributed by atoms with Crippen molar-refractivity contribution in [2.45, 2.75) is 39.0 Å². The van der Waals surface area contributed by atoms with E-state index in [4.69, 9.17) is 32.7 Å². The first-order valence-electron chi connectivity index (χ1n) is 10.9. The van der Waals surface area contributed by atoms with Gasteiger partial charge in [-0.15, -0.1) is 0 Å². The van der Waals surface area contributed by atoms with Crippen LogP contribution in [0.15, 0.2) is 30.3 Å². The fraction of sp³-hybridized carbons (Fsp3) is 0.458. The highest BCUT2D eigenvalue weighted by atomic mass is 35.5. The van der Waals surface area contributed by atoms with E-state index in [1.54, 1.807) is 25.3 Å². The zero-order valence-electron chi connectivity index (χ0n) is 19.0. The Morgan fingerprint density at radius 1 is 1.15 bits per heavy atom. The van der Waals surface area contributed by atoms with Crippen molar-refractivity contribution in [1.82, 2.24) is 5.32 Å². The van der Waals surface area contributed by atoms with Crippen LogP contribution in [0.2, 0.25) is 10.0 Å². The molecular formula is C24H29Cl2NO5S. The summed E-state index contributed by atoms with van der Waals surface area (Å²) in [5.74, 6) is 2.13. The number of halogens is 2. The van der Waals surface area contributed by atoms with Crippen LogP contribution in [0.1, 0.15) is 54.9 Å². The molecule has 1 aliphatic rings. The van der Waals surface area contributed by atoms with Crippen molar-refractivity contribution in [3.05, 3.63) is 51.5 Å². The minimum absolute atomic E-state index is 0.130. The maximum atomic E-state index is 12.7. The Labute approximate surface area is 205 Å². The molecule has 9 heteroatoms. The van der Waals surface area contributed by atoms with Crippen molar-refractivity contribution in [3.63, 3.8) is 0 Å². The molecule has 0 atom stereocenters. The zero-order chi connectivity index (χ0) is 24.2. The normalized spacial score (nSPS) is 15.9. The molecule has 3 rings (SSSR count). The molecular weight excluding hydrogens is 485 g/mol. The van der Waals surface area contributed by atoms with Gasteiger partial charge >= 0.3 is 0 Å². The lowest BCUT2D eigenvalue weighted by Crippen LogP contribution is -2.29. The average Bonchev–Trinajstić information content (AvgIpc) is 2.77. The molecule has 2 aromatic carbocycles. The minimum Gasteiger partial charge on any atom is -0.496 e. The van der Waals surface area contributed by atoms with Crippen molar-refractivity contribution >= 4 is 38.9 Å². The van der Waals surface area contributed by atoms with E-state index in [1.807, 2.05) is 12.1 Å². The highest BCUT2D eigenvalue weighted by Crippen LogP contribution is 2.40. The SMILES string of the molecule is COc1ccc(Oc2c(Cl)ccc(C(=O)NCCC3CCS(=O)(=O)CC3)c2Cl)cc1C(C)C. The molecule has 0 bridgehead atoms. The predicted molar refractivity (Wildman–Crippen MR) is 132 cm³/mol. The largest absolute Gasteiger partial charge is 0.496 e. The van der Waals surface area contributed by atoms with E-state index in [-0.39, 0.29) is 39.7 Å². The maximum Gasteiger partial charge on any atom is 0.252 e. The van der Waals surface area contributed by atoms with Crippen LogP contribution in [0, 0.1) is 5.92 Å². The predicted octanol–water partition coefficient (Wildman–Crippen LogP) is 5.86. The summed E-state index contributed by atoms with van der Waals surface area (Å²) in [6.45, 7) is 4.55. The summed E-state index contributed by atoms with van der Waals surface area (Å²) >= 11 is 12.8. The minimum atomic E-state index is -2.89. The molecule has 0 aromatic heterocycles. The Hall–Kier alpha value is -1.96. The van der Waals surface area contributed by atoms with Crippen molar-refractivity contribution in [1.29, 1.82) is 0 Å². The molecule has 0 radical (unpaired) electrons. The molecule has 1 N–H and O–H groups in total. The third kappa shape index (κ3) is 6.55. The van der Waals surface area contributed by atoms with Crippen LogP contribution in [-0.4, -0.2) is 39.5 Å². The summed E-state index contributed by atoms with van der Waals surface area (Å²) in [6, 6.07) is 8.59. The molecule has 1 aliphatic heterocycles. The lowest BCUT2D eigenvalue weighted by Gasteiger charge is -2.22. The van der Waals surface area contributed by atoms with Gasteiger partial charge in [-0.3, -0.25) is 4.79 Å². The molecule has 33 heavy (non-hydrogen) atoms. The standard InChI is InChI=1S/C24H29Cl2NO5S/c1-15(2)19-14-17(4-7-21(19)31-3)32-23-20(25)6-5-18(22(23)26)24(28)27-11-8-16-9-12-33(29,30)13-10-16/h4-7,14-16H,8-13H2,1-3H3,(H,27,28). The number of ether oxygens (including phenoxy) is 2. The highest BCUT2D eigenvalue weighted by Gasteiger charge is 2.24. The molecule has 1 amide bonds. The number of sulfone groups is 1. The van der Waals surface area contributed by atoms with E-state index < -0.39 is 9.84 Å². The van der Waals surface area contributed by atoms with Gasteiger partial charge in [-0.1, -0.05) is 37.0 Å². The van der Waals surface area contributed by atoms with E-state index in [0.29, 0.717) is 36.1 Å². The topological polar surface area (TPSA) is 81.7 Å². The van der Waals surface area contributed by atoms with Crippen molar-refractivity contribution in [3.8, 4) is 17.2 Å². The smallest absolute Gasteiger partial charge is 0.252 e. The maximum absolute atomic E-state index is 12.7. The van der Waals surface area contributed by atoms with Gasteiger partial charge < -0.3 is 14.8 Å². The Morgan fingerprint density at radius 3 is 2.48 bits per heavy atom. The third-order valence-corrected chi connectivity index (χ3v) is 8.24. The quantitative estimate of drug-likeness (QED) is 0.477. The zero-order valence-corrected chi connectivity index (χ0v) is 21.3. The number of hydrogen-bond donors (Lipinski definition) is 1. The molecule has 2 aromatic rings. The van der Waals surface area contributed by atoms with E-state index in [1.165, 1.54) is 0 Å². The number of hydrogen-bond acceptors (Lipinski definition) is 5. The summed E-state index contributed by atoms with van der Waals surface area (Å²) in [5, 5.41) is 3.29. The summed E-state index contributed by atoms with van der Waals surface area (Å²) in [6.07, 6.45) is 2.00. The van der Waals surface area contributed by atoms with Crippen LogP contribution in [0.5, 0.6) is 17.2 Å². The Kier molecular flexibility index (Phi) is 8.54. The number of carbonyl (C=O) groups excluding carboxylic acids is 1. The molecule has 1 heterocycles. The second-order valence-corrected chi connectivity index (χ2v) is 11.6. The fourth-order valence-electron chi connectivity index (χ4n) is 3.86. The molecule has 1 saturated heterocycles. The Bertz CT molecular complexity index is 1100. The lowest BCUT2D eigenvalue weighted by atomic mass is 9.99. The summed E-state index contributed by atoms with van der Waals surface area (Å²) < 4.78 is 34.5. The van der Waals surface area contributed by atoms with Gasteiger partial charge in [0.2, 0.25) is 0 Å². The van der Waals surface area contributed by atoms with Crippen LogP contribution < -0.4 is 14.8 Å². The molecule has 1 fully saturated rings. The van der Waals surface area contributed by atoms with Crippen LogP contribution in [0.4, 0.5) is 0 Å². The van der Waals surface area contributed by atoms with Crippen LogP contribution >= 0.6 is 23.2 Å². The van der Waals surface area contributed by atoms with Crippen molar-refractivity contribution < 1.29 is 22.7 Å². The van der Waals surface area contributed by atoms with Gasteiger partial charge in [0.1, 0.15) is 21.3 Å².